The van der Waals surface area contributed by atoms with E-state index in [0.717, 1.165) is 77.2 Å². The minimum Gasteiger partial charge on any atom is -0.309 e. The Morgan fingerprint density at radius 1 is 0.421 bits per heavy atom. The highest BCUT2D eigenvalue weighted by molar-refractivity contribution is 6.30. The van der Waals surface area contributed by atoms with Crippen molar-refractivity contribution in [2.24, 2.45) is 0 Å². The number of nitrogens with zero attached hydrogens (tertiary/aromatic N) is 2. The van der Waals surface area contributed by atoms with E-state index in [4.69, 9.17) is 0 Å². The Bertz CT molecular complexity index is 3220. The second kappa shape index (κ2) is 12.4. The summed E-state index contributed by atoms with van der Waals surface area (Å²) in [4.78, 5) is 32.2. The zero-order chi connectivity index (χ0) is 38.4. The topological polar surface area (TPSA) is 44.0 Å². The van der Waals surface area contributed by atoms with Crippen LogP contribution in [0.25, 0.3) is 66.1 Å². The summed E-state index contributed by atoms with van der Waals surface area (Å²) >= 11 is 0. The standard InChI is InChI=1S/C53H36N2O2/c1-33-16-3-4-17-36(33)51(56)53(52(57)42-32-35(31-30-34(42)2)54-45-25-11-6-18-37(45)38-19-7-12-26-46(38)54)43-23-10-5-22-41(43)50-44(53)24-15-29-49(50)55-47-27-13-8-20-39(47)40-21-9-14-28-48(40)55/h3-32H,1-2H3. The van der Waals surface area contributed by atoms with E-state index in [1.165, 1.54) is 0 Å². The molecule has 1 atom stereocenters. The molecular formula is C53H36N2O2. The summed E-state index contributed by atoms with van der Waals surface area (Å²) in [5, 5.41) is 4.58. The first-order valence-corrected chi connectivity index (χ1v) is 19.4. The van der Waals surface area contributed by atoms with Gasteiger partial charge in [-0.25, -0.2) is 0 Å². The lowest BCUT2D eigenvalue weighted by Crippen LogP contribution is -2.44. The molecule has 10 aromatic rings. The van der Waals surface area contributed by atoms with Crippen LogP contribution in [0.15, 0.2) is 182 Å². The van der Waals surface area contributed by atoms with Gasteiger partial charge in [0.05, 0.1) is 27.8 Å². The second-order valence-electron chi connectivity index (χ2n) is 15.2. The van der Waals surface area contributed by atoms with E-state index >= 15 is 9.59 Å². The molecule has 8 aromatic carbocycles. The molecule has 11 rings (SSSR count). The van der Waals surface area contributed by atoms with Crippen LogP contribution in [-0.4, -0.2) is 20.7 Å². The van der Waals surface area contributed by atoms with Gasteiger partial charge in [-0.1, -0.05) is 140 Å². The predicted molar refractivity (Wildman–Crippen MR) is 232 cm³/mol. The fraction of sp³-hybridized carbons (Fsp3) is 0.0566. The Hall–Kier alpha value is -7.30. The predicted octanol–water partition coefficient (Wildman–Crippen LogP) is 12.5. The van der Waals surface area contributed by atoms with Crippen LogP contribution in [0.3, 0.4) is 0 Å². The summed E-state index contributed by atoms with van der Waals surface area (Å²) in [6.45, 7) is 3.93. The van der Waals surface area contributed by atoms with Crippen LogP contribution in [-0.2, 0) is 5.41 Å². The number of fused-ring (bicyclic) bond motifs is 9. The Kier molecular flexibility index (Phi) is 7.17. The number of para-hydroxylation sites is 4. The highest BCUT2D eigenvalue weighted by Gasteiger charge is 2.56. The van der Waals surface area contributed by atoms with Crippen LogP contribution in [0.5, 0.6) is 0 Å². The van der Waals surface area contributed by atoms with Gasteiger partial charge < -0.3 is 9.13 Å². The average Bonchev–Trinajstić information content (AvgIpc) is 3.88. The molecule has 0 amide bonds. The Morgan fingerprint density at radius 3 is 1.51 bits per heavy atom. The van der Waals surface area contributed by atoms with Crippen molar-refractivity contribution in [3.63, 3.8) is 0 Å². The minimum atomic E-state index is -1.67. The summed E-state index contributed by atoms with van der Waals surface area (Å²) in [6.07, 6.45) is 0. The van der Waals surface area contributed by atoms with Crippen LogP contribution in [0.4, 0.5) is 0 Å². The van der Waals surface area contributed by atoms with Crippen molar-refractivity contribution >= 4 is 55.2 Å². The van der Waals surface area contributed by atoms with E-state index in [-0.39, 0.29) is 11.6 Å². The fourth-order valence-electron chi connectivity index (χ4n) is 9.70. The molecule has 0 saturated heterocycles. The van der Waals surface area contributed by atoms with E-state index in [9.17, 15) is 0 Å². The molecule has 0 aliphatic heterocycles. The molecule has 0 saturated carbocycles. The molecular weight excluding hydrogens is 697 g/mol. The molecule has 2 aromatic heterocycles. The first kappa shape index (κ1) is 33.1. The van der Waals surface area contributed by atoms with Crippen molar-refractivity contribution in [2.45, 2.75) is 19.3 Å². The number of Topliss-reactive ketones (excluding diaryl/α,β-unsaturated/α-hetero) is 2. The number of hydrogen-bond acceptors (Lipinski definition) is 2. The summed E-state index contributed by atoms with van der Waals surface area (Å²) < 4.78 is 4.53. The normalized spacial score (nSPS) is 14.7. The van der Waals surface area contributed by atoms with Crippen molar-refractivity contribution in [2.75, 3.05) is 0 Å². The molecule has 4 nitrogen and oxygen atoms in total. The fourth-order valence-corrected chi connectivity index (χ4v) is 9.70. The van der Waals surface area contributed by atoms with Gasteiger partial charge in [0.25, 0.3) is 0 Å². The number of benzene rings is 8. The van der Waals surface area contributed by atoms with Crippen molar-refractivity contribution in [3.8, 4) is 22.5 Å². The third kappa shape index (κ3) is 4.50. The lowest BCUT2D eigenvalue weighted by Gasteiger charge is -2.31. The van der Waals surface area contributed by atoms with Gasteiger partial charge in [0.1, 0.15) is 5.41 Å². The van der Waals surface area contributed by atoms with Crippen LogP contribution in [0, 0.1) is 13.8 Å². The van der Waals surface area contributed by atoms with Crippen molar-refractivity contribution < 1.29 is 9.59 Å². The van der Waals surface area contributed by atoms with E-state index in [1.807, 2.05) is 80.6 Å². The number of carbonyl (C=O) groups excluding carboxylic acids is 2. The summed E-state index contributed by atoms with van der Waals surface area (Å²) in [6, 6.07) is 61.6. The Balaban J connectivity index is 1.22. The zero-order valence-electron chi connectivity index (χ0n) is 31.5. The molecule has 57 heavy (non-hydrogen) atoms. The lowest BCUT2D eigenvalue weighted by molar-refractivity contribution is 0.0800. The molecule has 4 heteroatoms. The summed E-state index contributed by atoms with van der Waals surface area (Å²) in [5.41, 5.74) is 10.2. The summed E-state index contributed by atoms with van der Waals surface area (Å²) in [7, 11) is 0. The van der Waals surface area contributed by atoms with Gasteiger partial charge >= 0.3 is 0 Å². The number of hydrogen-bond donors (Lipinski definition) is 0. The van der Waals surface area contributed by atoms with Gasteiger partial charge in [-0.2, -0.15) is 0 Å². The molecule has 270 valence electrons. The lowest BCUT2D eigenvalue weighted by atomic mass is 9.67. The van der Waals surface area contributed by atoms with E-state index in [2.05, 4.69) is 124 Å². The summed E-state index contributed by atoms with van der Waals surface area (Å²) in [5.74, 6) is -0.459. The number of ketones is 2. The molecule has 1 aliphatic rings. The van der Waals surface area contributed by atoms with Crippen molar-refractivity contribution in [1.82, 2.24) is 9.13 Å². The largest absolute Gasteiger partial charge is 0.309 e. The molecule has 1 aliphatic carbocycles. The molecule has 0 spiro atoms. The quantitative estimate of drug-likeness (QED) is 0.126. The third-order valence-electron chi connectivity index (χ3n) is 12.2. The highest BCUT2D eigenvalue weighted by Crippen LogP contribution is 2.55. The molecule has 0 N–H and O–H groups in total. The number of rotatable bonds is 6. The SMILES string of the molecule is Cc1ccccc1C(=O)C1(C(=O)c2cc(-n3c4ccccc4c4ccccc43)ccc2C)c2ccccc2-c2c(-n3c4ccccc4c4ccccc43)cccc21. The van der Waals surface area contributed by atoms with Crippen molar-refractivity contribution in [3.05, 3.63) is 215 Å². The third-order valence-corrected chi connectivity index (χ3v) is 12.2. The Labute approximate surface area is 329 Å². The monoisotopic (exact) mass is 732 g/mol. The van der Waals surface area contributed by atoms with Gasteiger partial charge in [0.2, 0.25) is 0 Å². The number of carbonyl (C=O) groups is 2. The first-order chi connectivity index (χ1) is 28.0. The molecule has 0 radical (unpaired) electrons. The van der Waals surface area contributed by atoms with Gasteiger partial charge in [-0.05, 0) is 84.1 Å². The van der Waals surface area contributed by atoms with Crippen LogP contribution in [0.2, 0.25) is 0 Å². The van der Waals surface area contributed by atoms with E-state index < -0.39 is 5.41 Å². The first-order valence-electron chi connectivity index (χ1n) is 19.4. The van der Waals surface area contributed by atoms with Crippen LogP contribution >= 0.6 is 0 Å². The second-order valence-corrected chi connectivity index (χ2v) is 15.2. The maximum absolute atomic E-state index is 16.3. The maximum atomic E-state index is 16.3. The minimum absolute atomic E-state index is 0.224. The van der Waals surface area contributed by atoms with Crippen LogP contribution < -0.4 is 0 Å². The highest BCUT2D eigenvalue weighted by atomic mass is 16.2. The molecule has 1 unspecified atom stereocenters. The average molecular weight is 733 g/mol. The van der Waals surface area contributed by atoms with Gasteiger partial charge in [-0.3, -0.25) is 9.59 Å². The van der Waals surface area contributed by atoms with Gasteiger partial charge in [0, 0.05) is 43.9 Å². The number of aromatic nitrogens is 2. The van der Waals surface area contributed by atoms with Gasteiger partial charge in [0.15, 0.2) is 11.6 Å². The molecule has 0 fully saturated rings. The number of aryl methyl sites for hydroxylation is 2. The maximum Gasteiger partial charge on any atom is 0.186 e. The smallest absolute Gasteiger partial charge is 0.186 e. The molecule has 0 bridgehead atoms. The zero-order valence-corrected chi connectivity index (χ0v) is 31.5. The van der Waals surface area contributed by atoms with Crippen LogP contribution in [0.1, 0.15) is 43.0 Å². The van der Waals surface area contributed by atoms with Gasteiger partial charge in [-0.15, -0.1) is 0 Å². The Morgan fingerprint density at radius 2 is 0.895 bits per heavy atom. The van der Waals surface area contributed by atoms with Crippen molar-refractivity contribution in [1.29, 1.82) is 0 Å². The van der Waals surface area contributed by atoms with E-state index in [1.54, 1.807) is 0 Å². The molecule has 2 heterocycles. The van der Waals surface area contributed by atoms with E-state index in [0.29, 0.717) is 22.3 Å².